The molecule has 0 aliphatic carbocycles. The van der Waals surface area contributed by atoms with E-state index >= 15 is 0 Å². The summed E-state index contributed by atoms with van der Waals surface area (Å²) in [7, 11) is 0. The van der Waals surface area contributed by atoms with E-state index in [2.05, 4.69) is 16.7 Å². The highest BCUT2D eigenvalue weighted by atomic mass is 16.2. The molecule has 3 aliphatic heterocycles. The summed E-state index contributed by atoms with van der Waals surface area (Å²) in [6.45, 7) is 8.29. The van der Waals surface area contributed by atoms with Crippen LogP contribution in [0.2, 0.25) is 0 Å². The van der Waals surface area contributed by atoms with Crippen LogP contribution in [-0.2, 0) is 9.59 Å². The van der Waals surface area contributed by atoms with Crippen LogP contribution < -0.4 is 0 Å². The lowest BCUT2D eigenvalue weighted by Crippen LogP contribution is -2.52. The summed E-state index contributed by atoms with van der Waals surface area (Å²) >= 11 is 0. The van der Waals surface area contributed by atoms with Gasteiger partial charge in [0.05, 0.1) is 0 Å². The third-order valence-corrected chi connectivity index (χ3v) is 6.00. The van der Waals surface area contributed by atoms with Gasteiger partial charge in [-0.1, -0.05) is 6.92 Å². The van der Waals surface area contributed by atoms with Crippen molar-refractivity contribution in [2.45, 2.75) is 64.3 Å². The summed E-state index contributed by atoms with van der Waals surface area (Å²) in [6, 6.07) is 0.398. The van der Waals surface area contributed by atoms with Crippen LogP contribution in [0.1, 0.15) is 58.3 Å². The van der Waals surface area contributed by atoms with Gasteiger partial charge in [-0.3, -0.25) is 9.59 Å². The average molecular weight is 335 g/mol. The zero-order valence-electron chi connectivity index (χ0n) is 15.2. The summed E-state index contributed by atoms with van der Waals surface area (Å²) < 4.78 is 0. The number of rotatable bonds is 5. The van der Waals surface area contributed by atoms with Crippen molar-refractivity contribution >= 4 is 11.8 Å². The Kier molecular flexibility index (Phi) is 6.14. The van der Waals surface area contributed by atoms with Gasteiger partial charge < -0.3 is 14.7 Å². The van der Waals surface area contributed by atoms with Crippen molar-refractivity contribution in [1.29, 1.82) is 0 Å². The van der Waals surface area contributed by atoms with Gasteiger partial charge in [0, 0.05) is 51.1 Å². The number of carbonyl (C=O) groups excluding carboxylic acids is 2. The number of nitrogens with zero attached hydrogens (tertiary/aromatic N) is 3. The lowest BCUT2D eigenvalue weighted by molar-refractivity contribution is -0.146. The molecule has 0 aromatic rings. The molecule has 0 N–H and O–H groups in total. The minimum atomic E-state index is -0.0690. The molecule has 5 heteroatoms. The molecule has 24 heavy (non-hydrogen) atoms. The molecule has 1 atom stereocenters. The number of hydrogen-bond acceptors (Lipinski definition) is 3. The first kappa shape index (κ1) is 17.7. The van der Waals surface area contributed by atoms with E-state index in [1.807, 2.05) is 4.90 Å². The minimum absolute atomic E-state index is 0.0690. The van der Waals surface area contributed by atoms with Crippen LogP contribution >= 0.6 is 0 Å². The summed E-state index contributed by atoms with van der Waals surface area (Å²) in [6.07, 6.45) is 8.01. The van der Waals surface area contributed by atoms with Gasteiger partial charge in [0.15, 0.2) is 0 Å². The second kappa shape index (κ2) is 8.32. The zero-order chi connectivity index (χ0) is 16.9. The molecular formula is C19H33N3O2. The standard InChI is InChI=1S/C19H33N3O2/c1-2-9-20-13-7-17(8-14-20)22-12-5-6-16(19(22)24)15-18(23)21-10-3-4-11-21/h16-17H,2-15H2,1H3. The van der Waals surface area contributed by atoms with Crippen molar-refractivity contribution in [3.8, 4) is 0 Å². The van der Waals surface area contributed by atoms with Crippen LogP contribution in [0.5, 0.6) is 0 Å². The monoisotopic (exact) mass is 335 g/mol. The first-order valence-corrected chi connectivity index (χ1v) is 9.99. The van der Waals surface area contributed by atoms with Crippen LogP contribution in [0.3, 0.4) is 0 Å². The molecule has 0 bridgehead atoms. The third-order valence-electron chi connectivity index (χ3n) is 6.00. The first-order chi connectivity index (χ1) is 11.7. The van der Waals surface area contributed by atoms with Crippen LogP contribution in [0.15, 0.2) is 0 Å². The van der Waals surface area contributed by atoms with Crippen LogP contribution in [0.25, 0.3) is 0 Å². The molecule has 1 unspecified atom stereocenters. The molecular weight excluding hydrogens is 302 g/mol. The number of piperidine rings is 2. The molecule has 3 heterocycles. The second-order valence-corrected chi connectivity index (χ2v) is 7.74. The van der Waals surface area contributed by atoms with Crippen LogP contribution in [0.4, 0.5) is 0 Å². The Balaban J connectivity index is 1.52. The summed E-state index contributed by atoms with van der Waals surface area (Å²) in [4.78, 5) is 31.9. The Bertz CT molecular complexity index is 440. The van der Waals surface area contributed by atoms with Gasteiger partial charge >= 0.3 is 0 Å². The largest absolute Gasteiger partial charge is 0.343 e. The van der Waals surface area contributed by atoms with E-state index in [1.165, 1.54) is 13.0 Å². The molecule has 3 rings (SSSR count). The van der Waals surface area contributed by atoms with Crippen molar-refractivity contribution in [3.05, 3.63) is 0 Å². The number of hydrogen-bond donors (Lipinski definition) is 0. The highest BCUT2D eigenvalue weighted by Crippen LogP contribution is 2.27. The van der Waals surface area contributed by atoms with Gasteiger partial charge in [-0.2, -0.15) is 0 Å². The fourth-order valence-electron chi connectivity index (χ4n) is 4.61. The second-order valence-electron chi connectivity index (χ2n) is 7.74. The number of likely N-dealkylation sites (tertiary alicyclic amines) is 3. The molecule has 3 aliphatic rings. The van der Waals surface area contributed by atoms with E-state index in [9.17, 15) is 9.59 Å². The Morgan fingerprint density at radius 1 is 1.00 bits per heavy atom. The van der Waals surface area contributed by atoms with E-state index in [-0.39, 0.29) is 17.7 Å². The first-order valence-electron chi connectivity index (χ1n) is 9.99. The van der Waals surface area contributed by atoms with Crippen molar-refractivity contribution < 1.29 is 9.59 Å². The van der Waals surface area contributed by atoms with Gasteiger partial charge in [-0.25, -0.2) is 0 Å². The third kappa shape index (κ3) is 4.11. The molecule has 0 saturated carbocycles. The molecule has 3 fully saturated rings. The molecule has 0 radical (unpaired) electrons. The predicted molar refractivity (Wildman–Crippen MR) is 94.6 cm³/mol. The average Bonchev–Trinajstić information content (AvgIpc) is 3.13. The van der Waals surface area contributed by atoms with E-state index < -0.39 is 0 Å². The fraction of sp³-hybridized carbons (Fsp3) is 0.895. The lowest BCUT2D eigenvalue weighted by Gasteiger charge is -2.42. The maximum atomic E-state index is 12.9. The molecule has 0 aromatic carbocycles. The van der Waals surface area contributed by atoms with E-state index in [1.54, 1.807) is 0 Å². The maximum Gasteiger partial charge on any atom is 0.226 e. The van der Waals surface area contributed by atoms with Gasteiger partial charge in [-0.05, 0) is 51.5 Å². The highest BCUT2D eigenvalue weighted by molar-refractivity contribution is 5.86. The van der Waals surface area contributed by atoms with Gasteiger partial charge in [0.1, 0.15) is 0 Å². The normalized spacial score (nSPS) is 27.0. The maximum absolute atomic E-state index is 12.9. The summed E-state index contributed by atoms with van der Waals surface area (Å²) in [5.41, 5.74) is 0. The Labute approximate surface area is 146 Å². The number of amides is 2. The van der Waals surface area contributed by atoms with Gasteiger partial charge in [0.25, 0.3) is 0 Å². The predicted octanol–water partition coefficient (Wildman–Crippen LogP) is 2.11. The fourth-order valence-corrected chi connectivity index (χ4v) is 4.61. The van der Waals surface area contributed by atoms with Crippen molar-refractivity contribution in [1.82, 2.24) is 14.7 Å². The highest BCUT2D eigenvalue weighted by Gasteiger charge is 2.36. The van der Waals surface area contributed by atoms with Crippen molar-refractivity contribution in [2.24, 2.45) is 5.92 Å². The Morgan fingerprint density at radius 2 is 1.71 bits per heavy atom. The van der Waals surface area contributed by atoms with Crippen molar-refractivity contribution in [3.63, 3.8) is 0 Å². The Morgan fingerprint density at radius 3 is 2.38 bits per heavy atom. The molecule has 0 spiro atoms. The summed E-state index contributed by atoms with van der Waals surface area (Å²) in [5, 5.41) is 0. The molecule has 136 valence electrons. The van der Waals surface area contributed by atoms with Gasteiger partial charge in [-0.15, -0.1) is 0 Å². The van der Waals surface area contributed by atoms with E-state index in [0.29, 0.717) is 12.5 Å². The topological polar surface area (TPSA) is 43.9 Å². The smallest absolute Gasteiger partial charge is 0.226 e. The Hall–Kier alpha value is -1.10. The van der Waals surface area contributed by atoms with Gasteiger partial charge in [0.2, 0.25) is 11.8 Å². The van der Waals surface area contributed by atoms with Crippen LogP contribution in [-0.4, -0.2) is 71.8 Å². The van der Waals surface area contributed by atoms with E-state index in [0.717, 1.165) is 71.2 Å². The molecule has 5 nitrogen and oxygen atoms in total. The number of carbonyl (C=O) groups is 2. The zero-order valence-corrected chi connectivity index (χ0v) is 15.2. The van der Waals surface area contributed by atoms with E-state index in [4.69, 9.17) is 0 Å². The molecule has 2 amide bonds. The lowest BCUT2D eigenvalue weighted by atomic mass is 9.90. The molecule has 0 aromatic heterocycles. The summed E-state index contributed by atoms with van der Waals surface area (Å²) in [5.74, 6) is 0.383. The molecule has 3 saturated heterocycles. The SMILES string of the molecule is CCCN1CCC(N2CCCC(CC(=O)N3CCCC3)C2=O)CC1. The minimum Gasteiger partial charge on any atom is -0.343 e. The quantitative estimate of drug-likeness (QED) is 0.773. The van der Waals surface area contributed by atoms with Crippen LogP contribution in [0, 0.1) is 5.92 Å². The van der Waals surface area contributed by atoms with Crippen molar-refractivity contribution in [2.75, 3.05) is 39.3 Å².